The lowest BCUT2D eigenvalue weighted by atomic mass is 10.3. The van der Waals surface area contributed by atoms with E-state index in [9.17, 15) is 0 Å². The first-order valence-corrected chi connectivity index (χ1v) is 13.5. The van der Waals surface area contributed by atoms with E-state index in [2.05, 4.69) is 68.1 Å². The molecule has 0 aromatic heterocycles. The van der Waals surface area contributed by atoms with Gasteiger partial charge in [0, 0.05) is 19.6 Å². The van der Waals surface area contributed by atoms with Crippen LogP contribution in [0.25, 0.3) is 0 Å². The molecule has 0 heterocycles. The number of thioether (sulfide) groups is 4. The molecule has 2 rings (SSSR count). The second kappa shape index (κ2) is 8.94. The summed E-state index contributed by atoms with van der Waals surface area (Å²) in [6, 6.07) is 13.9. The number of rotatable bonds is 6. The zero-order chi connectivity index (χ0) is 16.1. The van der Waals surface area contributed by atoms with Crippen LogP contribution in [0.15, 0.2) is 56.0 Å². The first-order chi connectivity index (χ1) is 10.6. The van der Waals surface area contributed by atoms with Crippen molar-refractivity contribution in [3.8, 4) is 0 Å². The standard InChI is InChI=1S/C17H21PS4/c1-18(12-6-8-14(19-2)16(10-12)21-4)13-7-9-15(20-3)17(11-13)22-5/h6-11H,1-5H3. The Hall–Kier alpha value is 0.270. The van der Waals surface area contributed by atoms with Crippen LogP contribution in [0.4, 0.5) is 0 Å². The summed E-state index contributed by atoms with van der Waals surface area (Å²) in [7, 11) is -0.295. The fourth-order valence-corrected chi connectivity index (χ4v) is 6.89. The van der Waals surface area contributed by atoms with E-state index >= 15 is 0 Å². The van der Waals surface area contributed by atoms with Gasteiger partial charge in [0.2, 0.25) is 0 Å². The van der Waals surface area contributed by atoms with Gasteiger partial charge in [0.15, 0.2) is 0 Å². The molecule has 0 fully saturated rings. The van der Waals surface area contributed by atoms with E-state index in [0.29, 0.717) is 0 Å². The highest BCUT2D eigenvalue weighted by molar-refractivity contribution is 8.02. The van der Waals surface area contributed by atoms with Crippen molar-refractivity contribution in [3.63, 3.8) is 0 Å². The molecule has 5 heteroatoms. The Labute approximate surface area is 152 Å². The molecule has 2 aromatic carbocycles. The lowest BCUT2D eigenvalue weighted by Gasteiger charge is -2.17. The molecule has 0 bridgehead atoms. The topological polar surface area (TPSA) is 0 Å². The Morgan fingerprint density at radius 3 is 1.27 bits per heavy atom. The van der Waals surface area contributed by atoms with Crippen LogP contribution in [0.1, 0.15) is 0 Å². The fourth-order valence-electron chi connectivity index (χ4n) is 2.22. The van der Waals surface area contributed by atoms with E-state index in [-0.39, 0.29) is 7.92 Å². The average Bonchev–Trinajstić information content (AvgIpc) is 2.59. The maximum Gasteiger partial charge on any atom is 0.0211 e. The van der Waals surface area contributed by atoms with Crippen LogP contribution in [-0.2, 0) is 0 Å². The molecule has 0 saturated carbocycles. The number of hydrogen-bond acceptors (Lipinski definition) is 4. The normalized spacial score (nSPS) is 11.2. The maximum atomic E-state index is 2.38. The highest BCUT2D eigenvalue weighted by Gasteiger charge is 2.12. The summed E-state index contributed by atoms with van der Waals surface area (Å²) in [5.74, 6) is 0. The van der Waals surface area contributed by atoms with E-state index < -0.39 is 0 Å². The van der Waals surface area contributed by atoms with Gasteiger partial charge in [-0.05, 0) is 74.5 Å². The van der Waals surface area contributed by atoms with Crippen LogP contribution in [0.5, 0.6) is 0 Å². The fraction of sp³-hybridized carbons (Fsp3) is 0.294. The molecule has 0 radical (unpaired) electrons. The van der Waals surface area contributed by atoms with Crippen molar-refractivity contribution in [2.45, 2.75) is 19.6 Å². The molecule has 0 aliphatic rings. The Bertz CT molecular complexity index is 587. The molecule has 118 valence electrons. The summed E-state index contributed by atoms with van der Waals surface area (Å²) in [6.07, 6.45) is 8.62. The molecule has 22 heavy (non-hydrogen) atoms. The minimum atomic E-state index is -0.295. The van der Waals surface area contributed by atoms with Crippen LogP contribution >= 0.6 is 55.0 Å². The predicted molar refractivity (Wildman–Crippen MR) is 112 cm³/mol. The van der Waals surface area contributed by atoms with Crippen LogP contribution < -0.4 is 10.6 Å². The summed E-state index contributed by atoms with van der Waals surface area (Å²) >= 11 is 7.34. The SMILES string of the molecule is CSc1ccc(P(C)c2ccc(SC)c(SC)c2)cc1SC. The van der Waals surface area contributed by atoms with Gasteiger partial charge in [-0.15, -0.1) is 47.0 Å². The Morgan fingerprint density at radius 1 is 0.591 bits per heavy atom. The maximum absolute atomic E-state index is 2.38. The second-order valence-corrected chi connectivity index (χ2v) is 10.2. The molecule has 0 aliphatic carbocycles. The van der Waals surface area contributed by atoms with E-state index in [1.165, 1.54) is 30.2 Å². The van der Waals surface area contributed by atoms with Gasteiger partial charge in [-0.25, -0.2) is 0 Å². The smallest absolute Gasteiger partial charge is 0.0211 e. The molecular weight excluding hydrogens is 363 g/mol. The number of hydrogen-bond donors (Lipinski definition) is 0. The van der Waals surface area contributed by atoms with Gasteiger partial charge in [0.25, 0.3) is 0 Å². The van der Waals surface area contributed by atoms with E-state index in [1.54, 1.807) is 0 Å². The Morgan fingerprint density at radius 2 is 0.955 bits per heavy atom. The quantitative estimate of drug-likeness (QED) is 0.467. The van der Waals surface area contributed by atoms with Gasteiger partial charge in [0.05, 0.1) is 0 Å². The van der Waals surface area contributed by atoms with Crippen molar-refractivity contribution in [1.29, 1.82) is 0 Å². The first kappa shape index (κ1) is 18.6. The molecule has 0 atom stereocenters. The van der Waals surface area contributed by atoms with Gasteiger partial charge < -0.3 is 0 Å². The Kier molecular flexibility index (Phi) is 7.56. The average molecular weight is 385 g/mol. The summed E-state index contributed by atoms with van der Waals surface area (Å²) in [4.78, 5) is 5.54. The van der Waals surface area contributed by atoms with Crippen LogP contribution in [0.2, 0.25) is 0 Å². The summed E-state index contributed by atoms with van der Waals surface area (Å²) < 4.78 is 0. The van der Waals surface area contributed by atoms with Crippen molar-refractivity contribution >= 4 is 65.6 Å². The second-order valence-electron chi connectivity index (χ2n) is 4.64. The zero-order valence-electron chi connectivity index (χ0n) is 13.5. The lowest BCUT2D eigenvalue weighted by Crippen LogP contribution is -2.11. The molecule has 2 aromatic rings. The molecule has 0 N–H and O–H groups in total. The van der Waals surface area contributed by atoms with Crippen molar-refractivity contribution in [2.24, 2.45) is 0 Å². The first-order valence-electron chi connectivity index (χ1n) is 6.82. The molecule has 0 amide bonds. The predicted octanol–water partition coefficient (Wildman–Crippen LogP) is 5.64. The minimum Gasteiger partial charge on any atom is -0.128 e. The van der Waals surface area contributed by atoms with Gasteiger partial charge in [-0.3, -0.25) is 0 Å². The third kappa shape index (κ3) is 4.21. The third-order valence-electron chi connectivity index (χ3n) is 3.51. The third-order valence-corrected chi connectivity index (χ3v) is 9.02. The van der Waals surface area contributed by atoms with Crippen LogP contribution in [-0.4, -0.2) is 31.7 Å². The van der Waals surface area contributed by atoms with E-state index in [4.69, 9.17) is 0 Å². The summed E-state index contributed by atoms with van der Waals surface area (Å²) in [5, 5.41) is 2.92. The van der Waals surface area contributed by atoms with E-state index in [0.717, 1.165) is 0 Å². The van der Waals surface area contributed by atoms with Crippen LogP contribution in [0, 0.1) is 0 Å². The molecule has 0 saturated heterocycles. The van der Waals surface area contributed by atoms with E-state index in [1.807, 2.05) is 47.0 Å². The summed E-state index contributed by atoms with van der Waals surface area (Å²) in [6.45, 7) is 2.37. The van der Waals surface area contributed by atoms with Gasteiger partial charge in [0.1, 0.15) is 0 Å². The highest BCUT2D eigenvalue weighted by Crippen LogP contribution is 2.36. The Balaban J connectivity index is 2.37. The van der Waals surface area contributed by atoms with Crippen molar-refractivity contribution in [2.75, 3.05) is 31.7 Å². The molecule has 0 spiro atoms. The molecule has 0 aliphatic heterocycles. The molecule has 0 unspecified atom stereocenters. The summed E-state index contributed by atoms with van der Waals surface area (Å²) in [5.41, 5.74) is 0. The molecular formula is C17H21PS4. The van der Waals surface area contributed by atoms with Crippen LogP contribution in [0.3, 0.4) is 0 Å². The van der Waals surface area contributed by atoms with Gasteiger partial charge in [-0.1, -0.05) is 12.1 Å². The minimum absolute atomic E-state index is 0.295. The van der Waals surface area contributed by atoms with Gasteiger partial charge in [-0.2, -0.15) is 0 Å². The van der Waals surface area contributed by atoms with Crippen molar-refractivity contribution < 1.29 is 0 Å². The zero-order valence-corrected chi connectivity index (χ0v) is 17.7. The monoisotopic (exact) mass is 384 g/mol. The highest BCUT2D eigenvalue weighted by atomic mass is 32.2. The van der Waals surface area contributed by atoms with Gasteiger partial charge >= 0.3 is 0 Å². The molecule has 0 nitrogen and oxygen atoms in total. The lowest BCUT2D eigenvalue weighted by molar-refractivity contribution is 1.27. The largest absolute Gasteiger partial charge is 0.128 e. The van der Waals surface area contributed by atoms with Crippen molar-refractivity contribution in [1.82, 2.24) is 0 Å². The van der Waals surface area contributed by atoms with Crippen molar-refractivity contribution in [3.05, 3.63) is 36.4 Å². The number of benzene rings is 2.